The van der Waals surface area contributed by atoms with Crippen LogP contribution in [0.5, 0.6) is 11.5 Å². The van der Waals surface area contributed by atoms with Gasteiger partial charge >= 0.3 is 0 Å². The van der Waals surface area contributed by atoms with Crippen molar-refractivity contribution in [1.82, 2.24) is 19.9 Å². The fraction of sp³-hybridized carbons (Fsp3) is 0.0857. The molecule has 12 heteroatoms. The van der Waals surface area contributed by atoms with E-state index in [4.69, 9.17) is 15.2 Å². The molecule has 0 bridgehead atoms. The average molecular weight is 665 g/mol. The van der Waals surface area contributed by atoms with Gasteiger partial charge in [-0.3, -0.25) is 0 Å². The number of nitrogens with one attached hydrogen (secondary N) is 1. The Hall–Kier alpha value is -5.82. The zero-order valence-electron chi connectivity index (χ0n) is 25.3. The first-order valence-corrected chi connectivity index (χ1v) is 15.5. The summed E-state index contributed by atoms with van der Waals surface area (Å²) in [7, 11) is 4.95. The van der Waals surface area contributed by atoms with Crippen LogP contribution in [0.4, 0.5) is 20.4 Å². The number of thiazole rings is 2. The van der Waals surface area contributed by atoms with Gasteiger partial charge in [-0.15, -0.1) is 22.7 Å². The van der Waals surface area contributed by atoms with Gasteiger partial charge in [-0.1, -0.05) is 23.7 Å². The Bertz CT molecular complexity index is 2240. The Kier molecular flexibility index (Phi) is 10.7. The molecule has 0 radical (unpaired) electrons. The minimum atomic E-state index is -0.669. The maximum absolute atomic E-state index is 13.7. The number of hydrogen-bond donors (Lipinski definition) is 2. The second-order valence-electron chi connectivity index (χ2n) is 9.34. The molecule has 0 saturated carbocycles. The molecule has 4 aromatic heterocycles. The predicted molar refractivity (Wildman–Crippen MR) is 187 cm³/mol. The highest BCUT2D eigenvalue weighted by Gasteiger charge is 2.05. The van der Waals surface area contributed by atoms with Gasteiger partial charge in [0.1, 0.15) is 33.1 Å². The Morgan fingerprint density at radius 2 is 1.21 bits per heavy atom. The molecular formula is C35H26F2N6O2S2. The van der Waals surface area contributed by atoms with Crippen molar-refractivity contribution in [3.63, 3.8) is 0 Å². The molecule has 0 saturated heterocycles. The first-order chi connectivity index (χ1) is 22.8. The van der Waals surface area contributed by atoms with E-state index in [0.29, 0.717) is 5.82 Å². The van der Waals surface area contributed by atoms with Gasteiger partial charge in [0.05, 0.1) is 45.8 Å². The van der Waals surface area contributed by atoms with E-state index in [0.717, 1.165) is 41.9 Å². The number of aromatic nitrogens is 4. The molecule has 0 spiro atoms. The van der Waals surface area contributed by atoms with E-state index >= 15 is 0 Å². The zero-order valence-corrected chi connectivity index (χ0v) is 27.0. The van der Waals surface area contributed by atoms with Gasteiger partial charge in [0, 0.05) is 7.05 Å². The second kappa shape index (κ2) is 15.5. The molecule has 6 aromatic rings. The van der Waals surface area contributed by atoms with Crippen LogP contribution in [-0.2, 0) is 0 Å². The summed E-state index contributed by atoms with van der Waals surface area (Å²) in [5.41, 5.74) is 7.66. The molecule has 0 unspecified atom stereocenters. The van der Waals surface area contributed by atoms with Crippen molar-refractivity contribution < 1.29 is 18.3 Å². The molecular weight excluding hydrogens is 639 g/mol. The third-order valence-electron chi connectivity index (χ3n) is 6.23. The van der Waals surface area contributed by atoms with Crippen LogP contribution in [0.15, 0.2) is 72.8 Å². The minimum Gasteiger partial charge on any atom is -0.497 e. The van der Waals surface area contributed by atoms with Crippen LogP contribution in [0.3, 0.4) is 0 Å². The van der Waals surface area contributed by atoms with Crippen LogP contribution >= 0.6 is 22.7 Å². The largest absolute Gasteiger partial charge is 0.497 e. The van der Waals surface area contributed by atoms with E-state index in [2.05, 4.69) is 48.9 Å². The molecule has 0 aliphatic heterocycles. The highest BCUT2D eigenvalue weighted by atomic mass is 32.1. The van der Waals surface area contributed by atoms with E-state index in [9.17, 15) is 8.78 Å². The number of rotatable bonds is 5. The van der Waals surface area contributed by atoms with Gasteiger partial charge in [0.2, 0.25) is 11.9 Å². The highest BCUT2D eigenvalue weighted by molar-refractivity contribution is 7.19. The Labute approximate surface area is 277 Å². The van der Waals surface area contributed by atoms with Crippen molar-refractivity contribution in [2.24, 2.45) is 0 Å². The van der Waals surface area contributed by atoms with Gasteiger partial charge in [-0.05, 0) is 85.0 Å². The number of allylic oxidation sites excluding steroid dienone is 2. The lowest BCUT2D eigenvalue weighted by molar-refractivity contribution is 0.415. The van der Waals surface area contributed by atoms with Gasteiger partial charge in [0.25, 0.3) is 0 Å². The molecule has 8 nitrogen and oxygen atoms in total. The van der Waals surface area contributed by atoms with Gasteiger partial charge < -0.3 is 20.5 Å². The number of nitrogens with two attached hydrogens (primary N) is 1. The van der Waals surface area contributed by atoms with Gasteiger partial charge in [-0.25, -0.2) is 19.9 Å². The summed E-state index contributed by atoms with van der Waals surface area (Å²) < 4.78 is 39.6. The van der Waals surface area contributed by atoms with Crippen molar-refractivity contribution >= 4 is 66.9 Å². The summed E-state index contributed by atoms with van der Waals surface area (Å²) in [5, 5.41) is 4.42. The maximum Gasteiger partial charge on any atom is 0.230 e. The number of halogens is 2. The molecule has 2 aromatic carbocycles. The molecule has 0 atom stereocenters. The van der Waals surface area contributed by atoms with Crippen molar-refractivity contribution in [1.29, 1.82) is 0 Å². The summed E-state index contributed by atoms with van der Waals surface area (Å²) >= 11 is 3.07. The molecule has 47 heavy (non-hydrogen) atoms. The number of fused-ring (bicyclic) bond motifs is 2. The van der Waals surface area contributed by atoms with E-state index < -0.39 is 11.9 Å². The third-order valence-corrected chi connectivity index (χ3v) is 8.20. The topological polar surface area (TPSA) is 108 Å². The Morgan fingerprint density at radius 1 is 0.702 bits per heavy atom. The first-order valence-electron chi connectivity index (χ1n) is 13.9. The fourth-order valence-corrected chi connectivity index (χ4v) is 5.71. The normalized spacial score (nSPS) is 10.7. The third kappa shape index (κ3) is 8.67. The summed E-state index contributed by atoms with van der Waals surface area (Å²) in [5.74, 6) is 11.9. The van der Waals surface area contributed by atoms with Crippen molar-refractivity contribution in [3.8, 4) is 35.2 Å². The number of benzene rings is 2. The standard InChI is InChI=1S/C18H14FN3OS.C17H12FN3OS/c1-20-16-10-7-12(18(19)22-16)5-3-4-6-17-21-14-9-8-13(23-2)11-15(14)24-17;1-22-12-7-8-13-14(10-12)23-16(20-13)5-3-2-4-11-6-9-15(19)21-17(11)18/h4,6-11H,1-2H3,(H,20,22);3,5-10H,1H3,(H2,19,21)/b6-4+;5-3+. The van der Waals surface area contributed by atoms with E-state index in [-0.39, 0.29) is 16.9 Å². The average Bonchev–Trinajstić information content (AvgIpc) is 3.69. The van der Waals surface area contributed by atoms with E-state index in [1.165, 1.54) is 23.5 Å². The molecule has 0 aliphatic rings. The van der Waals surface area contributed by atoms with E-state index in [1.807, 2.05) is 36.4 Å². The number of methoxy groups -OCH3 is 2. The summed E-state index contributed by atoms with van der Waals surface area (Å²) in [6.45, 7) is 0. The summed E-state index contributed by atoms with van der Waals surface area (Å²) in [4.78, 5) is 16.2. The number of anilines is 2. The number of ether oxygens (including phenoxy) is 2. The summed E-state index contributed by atoms with van der Waals surface area (Å²) in [6, 6.07) is 17.7. The molecule has 234 valence electrons. The van der Waals surface area contributed by atoms with Gasteiger partial charge in [-0.2, -0.15) is 8.78 Å². The quantitative estimate of drug-likeness (QED) is 0.145. The molecule has 0 fully saturated rings. The fourth-order valence-electron chi connectivity index (χ4n) is 3.92. The lowest BCUT2D eigenvalue weighted by Crippen LogP contribution is -1.96. The lowest BCUT2D eigenvalue weighted by Gasteiger charge is -1.98. The molecule has 3 N–H and O–H groups in total. The monoisotopic (exact) mass is 664 g/mol. The van der Waals surface area contributed by atoms with Crippen LogP contribution < -0.4 is 20.5 Å². The van der Waals surface area contributed by atoms with Crippen molar-refractivity contribution in [2.75, 3.05) is 32.3 Å². The zero-order chi connectivity index (χ0) is 33.2. The van der Waals surface area contributed by atoms with Crippen LogP contribution in [0.25, 0.3) is 32.6 Å². The Morgan fingerprint density at radius 3 is 1.68 bits per heavy atom. The molecule has 4 heterocycles. The minimum absolute atomic E-state index is 0.133. The van der Waals surface area contributed by atoms with Crippen LogP contribution in [0.2, 0.25) is 0 Å². The van der Waals surface area contributed by atoms with Crippen LogP contribution in [-0.4, -0.2) is 41.2 Å². The van der Waals surface area contributed by atoms with Crippen LogP contribution in [0.1, 0.15) is 21.1 Å². The van der Waals surface area contributed by atoms with Crippen molar-refractivity contribution in [3.05, 3.63) is 106 Å². The molecule has 0 amide bonds. The molecule has 6 rings (SSSR count). The van der Waals surface area contributed by atoms with E-state index in [1.54, 1.807) is 69.0 Å². The molecule has 0 aliphatic carbocycles. The summed E-state index contributed by atoms with van der Waals surface area (Å²) in [6.07, 6.45) is 6.87. The van der Waals surface area contributed by atoms with Crippen LogP contribution in [0, 0.1) is 35.6 Å². The number of hydrogen-bond acceptors (Lipinski definition) is 10. The lowest BCUT2D eigenvalue weighted by atomic mass is 10.2. The van der Waals surface area contributed by atoms with Gasteiger partial charge in [0.15, 0.2) is 0 Å². The second-order valence-corrected chi connectivity index (χ2v) is 11.5. The number of nitrogen functional groups attached to an aromatic ring is 1. The Balaban J connectivity index is 0.000000185. The van der Waals surface area contributed by atoms with Crippen molar-refractivity contribution in [2.45, 2.75) is 0 Å². The predicted octanol–water partition coefficient (Wildman–Crippen LogP) is 7.43. The smallest absolute Gasteiger partial charge is 0.230 e. The number of pyridine rings is 2. The maximum atomic E-state index is 13.7. The number of nitrogens with zero attached hydrogens (tertiary/aromatic N) is 4. The SMILES string of the molecule is CNc1ccc(C#C/C=C/c2nc3ccc(OC)cc3s2)c(F)n1.COc1ccc2nc(/C=C/C#Cc3ccc(N)nc3F)sc2c1. The highest BCUT2D eigenvalue weighted by Crippen LogP contribution is 2.28. The first kappa shape index (κ1) is 32.6.